The van der Waals surface area contributed by atoms with Crippen LogP contribution in [0.15, 0.2) is 47.3 Å². The molecule has 0 fully saturated rings. The summed E-state index contributed by atoms with van der Waals surface area (Å²) in [6.45, 7) is 0.455. The number of hydrogen-bond acceptors (Lipinski definition) is 5. The van der Waals surface area contributed by atoms with E-state index in [0.717, 1.165) is 10.9 Å². The van der Waals surface area contributed by atoms with Gasteiger partial charge in [0.2, 0.25) is 5.91 Å². The number of nitrogens with one attached hydrogen (secondary N) is 2. The molecule has 0 radical (unpaired) electrons. The van der Waals surface area contributed by atoms with Crippen LogP contribution in [0.1, 0.15) is 11.1 Å². The number of ether oxygens (including phenoxy) is 3. The highest BCUT2D eigenvalue weighted by Crippen LogP contribution is 2.27. The topological polar surface area (TPSA) is 89.7 Å². The molecule has 152 valence electrons. The number of aromatic nitrogens is 1. The predicted octanol–water partition coefficient (Wildman–Crippen LogP) is 2.46. The number of fused-ring (bicyclic) bond motifs is 1. The number of carbonyl (C=O) groups is 1. The van der Waals surface area contributed by atoms with Crippen molar-refractivity contribution < 1.29 is 19.0 Å². The van der Waals surface area contributed by atoms with E-state index >= 15 is 0 Å². The zero-order chi connectivity index (χ0) is 20.8. The van der Waals surface area contributed by atoms with Gasteiger partial charge < -0.3 is 24.5 Å². The molecule has 1 aromatic heterocycles. The van der Waals surface area contributed by atoms with Crippen LogP contribution in [0.4, 0.5) is 0 Å². The Balaban J connectivity index is 1.61. The second-order valence-electron chi connectivity index (χ2n) is 6.54. The maximum Gasteiger partial charge on any atom is 0.252 e. The number of hydrogen-bond donors (Lipinski definition) is 2. The molecule has 0 spiro atoms. The fraction of sp³-hybridized carbons (Fsp3) is 0.273. The van der Waals surface area contributed by atoms with Crippen LogP contribution in [0.5, 0.6) is 17.2 Å². The van der Waals surface area contributed by atoms with Crippen molar-refractivity contribution in [2.24, 2.45) is 0 Å². The van der Waals surface area contributed by atoms with E-state index in [1.807, 2.05) is 30.3 Å². The third kappa shape index (κ3) is 4.87. The van der Waals surface area contributed by atoms with Crippen LogP contribution in [0, 0.1) is 0 Å². The molecule has 0 saturated carbocycles. The fourth-order valence-electron chi connectivity index (χ4n) is 3.10. The Hall–Kier alpha value is -3.48. The van der Waals surface area contributed by atoms with Crippen molar-refractivity contribution in [2.75, 3.05) is 27.9 Å². The first kappa shape index (κ1) is 20.3. The van der Waals surface area contributed by atoms with E-state index in [-0.39, 0.29) is 17.9 Å². The number of rotatable bonds is 8. The van der Waals surface area contributed by atoms with Gasteiger partial charge in [0.25, 0.3) is 5.56 Å². The average molecular weight is 396 g/mol. The van der Waals surface area contributed by atoms with Gasteiger partial charge in [-0.25, -0.2) is 0 Å². The van der Waals surface area contributed by atoms with Gasteiger partial charge in [-0.2, -0.15) is 0 Å². The molecule has 0 aliphatic rings. The lowest BCUT2D eigenvalue weighted by Gasteiger charge is -2.10. The van der Waals surface area contributed by atoms with E-state index in [2.05, 4.69) is 10.3 Å². The van der Waals surface area contributed by atoms with Crippen molar-refractivity contribution in [2.45, 2.75) is 12.8 Å². The molecule has 0 atom stereocenters. The van der Waals surface area contributed by atoms with Crippen molar-refractivity contribution >= 4 is 16.8 Å². The first-order chi connectivity index (χ1) is 14.0. The van der Waals surface area contributed by atoms with Crippen LogP contribution < -0.4 is 25.1 Å². The molecule has 0 aliphatic heterocycles. The lowest BCUT2D eigenvalue weighted by atomic mass is 10.1. The Kier molecular flexibility index (Phi) is 6.39. The molecule has 0 saturated heterocycles. The third-order valence-corrected chi connectivity index (χ3v) is 4.66. The summed E-state index contributed by atoms with van der Waals surface area (Å²) >= 11 is 0. The van der Waals surface area contributed by atoms with Crippen molar-refractivity contribution in [3.63, 3.8) is 0 Å². The third-order valence-electron chi connectivity index (χ3n) is 4.66. The number of amides is 1. The summed E-state index contributed by atoms with van der Waals surface area (Å²) in [6, 6.07) is 12.8. The summed E-state index contributed by atoms with van der Waals surface area (Å²) in [4.78, 5) is 27.4. The molecule has 1 amide bonds. The van der Waals surface area contributed by atoms with Crippen molar-refractivity contribution in [1.82, 2.24) is 10.3 Å². The Morgan fingerprint density at radius 1 is 0.966 bits per heavy atom. The van der Waals surface area contributed by atoms with Gasteiger partial charge in [0.15, 0.2) is 11.5 Å². The number of H-pyrrole nitrogens is 1. The maximum atomic E-state index is 12.3. The molecule has 3 rings (SSSR count). The summed E-state index contributed by atoms with van der Waals surface area (Å²) < 4.78 is 15.7. The van der Waals surface area contributed by atoms with Gasteiger partial charge in [0.1, 0.15) is 5.75 Å². The number of carbonyl (C=O) groups excluding carboxylic acids is 1. The molecule has 0 bridgehead atoms. The lowest BCUT2D eigenvalue weighted by Crippen LogP contribution is -2.29. The monoisotopic (exact) mass is 396 g/mol. The van der Waals surface area contributed by atoms with Gasteiger partial charge in [-0.3, -0.25) is 9.59 Å². The van der Waals surface area contributed by atoms with Gasteiger partial charge >= 0.3 is 0 Å². The molecule has 7 heteroatoms. The Morgan fingerprint density at radius 3 is 2.48 bits per heavy atom. The van der Waals surface area contributed by atoms with Crippen LogP contribution >= 0.6 is 0 Å². The first-order valence-electron chi connectivity index (χ1n) is 9.21. The summed E-state index contributed by atoms with van der Waals surface area (Å²) in [6.07, 6.45) is 0.656. The molecule has 7 nitrogen and oxygen atoms in total. The molecule has 2 aromatic carbocycles. The highest BCUT2D eigenvalue weighted by molar-refractivity contribution is 5.83. The second kappa shape index (κ2) is 9.14. The van der Waals surface area contributed by atoms with E-state index in [0.29, 0.717) is 41.3 Å². The minimum Gasteiger partial charge on any atom is -0.497 e. The number of methoxy groups -OCH3 is 3. The SMILES string of the molecule is COc1ccc2cc(CC(=O)NCCc3ccc(OC)c(OC)c3)c(=O)[nH]c2c1. The minimum absolute atomic E-state index is 0.0171. The molecule has 0 unspecified atom stereocenters. The molecule has 29 heavy (non-hydrogen) atoms. The Labute approximate surface area is 168 Å². The van der Waals surface area contributed by atoms with Gasteiger partial charge in [-0.1, -0.05) is 6.07 Å². The van der Waals surface area contributed by atoms with Crippen LogP contribution in [-0.4, -0.2) is 38.8 Å². The van der Waals surface area contributed by atoms with Crippen LogP contribution in [0.3, 0.4) is 0 Å². The highest BCUT2D eigenvalue weighted by atomic mass is 16.5. The predicted molar refractivity (Wildman–Crippen MR) is 111 cm³/mol. The highest BCUT2D eigenvalue weighted by Gasteiger charge is 2.10. The van der Waals surface area contributed by atoms with E-state index in [9.17, 15) is 9.59 Å². The molecule has 0 aliphatic carbocycles. The van der Waals surface area contributed by atoms with E-state index < -0.39 is 0 Å². The summed E-state index contributed by atoms with van der Waals surface area (Å²) in [5, 5.41) is 3.70. The van der Waals surface area contributed by atoms with Gasteiger partial charge in [0.05, 0.1) is 33.3 Å². The lowest BCUT2D eigenvalue weighted by molar-refractivity contribution is -0.120. The van der Waals surface area contributed by atoms with E-state index in [4.69, 9.17) is 14.2 Å². The smallest absolute Gasteiger partial charge is 0.252 e. The molecular formula is C22H24N2O5. The van der Waals surface area contributed by atoms with Crippen LogP contribution in [-0.2, 0) is 17.6 Å². The maximum absolute atomic E-state index is 12.3. The molecule has 1 heterocycles. The van der Waals surface area contributed by atoms with Crippen molar-refractivity contribution in [1.29, 1.82) is 0 Å². The quantitative estimate of drug-likeness (QED) is 0.611. The van der Waals surface area contributed by atoms with Crippen LogP contribution in [0.2, 0.25) is 0 Å². The number of benzene rings is 2. The molecular weight excluding hydrogens is 372 g/mol. The van der Waals surface area contributed by atoms with Gasteiger partial charge in [-0.05, 0) is 47.7 Å². The zero-order valence-electron chi connectivity index (χ0n) is 16.7. The Bertz CT molecular complexity index is 1070. The zero-order valence-corrected chi connectivity index (χ0v) is 16.7. The van der Waals surface area contributed by atoms with Crippen molar-refractivity contribution in [3.05, 3.63) is 63.9 Å². The second-order valence-corrected chi connectivity index (χ2v) is 6.54. The average Bonchev–Trinajstić information content (AvgIpc) is 2.73. The minimum atomic E-state index is -0.277. The largest absolute Gasteiger partial charge is 0.497 e. The van der Waals surface area contributed by atoms with Crippen molar-refractivity contribution in [3.8, 4) is 17.2 Å². The Morgan fingerprint density at radius 2 is 1.76 bits per heavy atom. The standard InChI is InChI=1S/C22H24N2O5/c1-27-17-6-5-15-11-16(22(26)24-18(15)13-17)12-21(25)23-9-8-14-4-7-19(28-2)20(10-14)29-3/h4-7,10-11,13H,8-9,12H2,1-3H3,(H,23,25)(H,24,26). The van der Waals surface area contributed by atoms with E-state index in [1.165, 1.54) is 0 Å². The summed E-state index contributed by atoms with van der Waals surface area (Å²) in [5.41, 5.74) is 1.83. The van der Waals surface area contributed by atoms with Gasteiger partial charge in [0, 0.05) is 18.2 Å². The van der Waals surface area contributed by atoms with Gasteiger partial charge in [-0.15, -0.1) is 0 Å². The number of pyridine rings is 1. The summed E-state index contributed by atoms with van der Waals surface area (Å²) in [7, 11) is 4.74. The molecule has 2 N–H and O–H groups in total. The number of aromatic amines is 1. The fourth-order valence-corrected chi connectivity index (χ4v) is 3.10. The summed E-state index contributed by atoms with van der Waals surface area (Å²) in [5.74, 6) is 1.77. The van der Waals surface area contributed by atoms with Crippen LogP contribution in [0.25, 0.3) is 10.9 Å². The normalized spacial score (nSPS) is 10.6. The van der Waals surface area contributed by atoms with E-state index in [1.54, 1.807) is 33.5 Å². The first-order valence-corrected chi connectivity index (χ1v) is 9.21. The molecule has 3 aromatic rings.